The van der Waals surface area contributed by atoms with Crippen LogP contribution in [0.1, 0.15) is 33.3 Å². The molecule has 1 unspecified atom stereocenters. The summed E-state index contributed by atoms with van der Waals surface area (Å²) in [5.74, 6) is -0.287. The molecule has 1 atom stereocenters. The van der Waals surface area contributed by atoms with Crippen molar-refractivity contribution in [2.75, 3.05) is 11.9 Å². The molecule has 4 nitrogen and oxygen atoms in total. The fraction of sp³-hybridized carbons (Fsp3) is 0.533. The first-order chi connectivity index (χ1) is 9.17. The Labute approximate surface area is 119 Å². The van der Waals surface area contributed by atoms with E-state index in [1.165, 1.54) is 12.1 Å². The second kappa shape index (κ2) is 6.59. The van der Waals surface area contributed by atoms with Crippen molar-refractivity contribution in [2.24, 2.45) is 0 Å². The SMILES string of the molecule is Cc1ccc(F)cc1NC(C)CNC(=O)OC(C)(C)C. The van der Waals surface area contributed by atoms with Crippen LogP contribution in [-0.2, 0) is 4.74 Å². The zero-order valence-electron chi connectivity index (χ0n) is 12.7. The lowest BCUT2D eigenvalue weighted by Gasteiger charge is -2.22. The average Bonchev–Trinajstić information content (AvgIpc) is 2.29. The number of rotatable bonds is 4. The van der Waals surface area contributed by atoms with Gasteiger partial charge in [0.05, 0.1) is 0 Å². The molecule has 0 heterocycles. The van der Waals surface area contributed by atoms with Crippen LogP contribution in [0.3, 0.4) is 0 Å². The fourth-order valence-corrected chi connectivity index (χ4v) is 1.62. The molecule has 0 radical (unpaired) electrons. The van der Waals surface area contributed by atoms with Gasteiger partial charge in [-0.3, -0.25) is 0 Å². The van der Waals surface area contributed by atoms with Crippen molar-refractivity contribution in [3.8, 4) is 0 Å². The predicted octanol–water partition coefficient (Wildman–Crippen LogP) is 3.46. The third kappa shape index (κ3) is 5.91. The van der Waals surface area contributed by atoms with Gasteiger partial charge in [-0.25, -0.2) is 9.18 Å². The lowest BCUT2D eigenvalue weighted by molar-refractivity contribution is 0.0526. The second-order valence-corrected chi connectivity index (χ2v) is 5.89. The predicted molar refractivity (Wildman–Crippen MR) is 78.5 cm³/mol. The zero-order valence-corrected chi connectivity index (χ0v) is 12.7. The van der Waals surface area contributed by atoms with Gasteiger partial charge in [0.25, 0.3) is 0 Å². The fourth-order valence-electron chi connectivity index (χ4n) is 1.62. The molecule has 0 bridgehead atoms. The maximum atomic E-state index is 13.2. The molecular weight excluding hydrogens is 259 g/mol. The van der Waals surface area contributed by atoms with Gasteiger partial charge >= 0.3 is 6.09 Å². The number of amides is 1. The van der Waals surface area contributed by atoms with Crippen LogP contribution < -0.4 is 10.6 Å². The molecule has 0 aliphatic rings. The van der Waals surface area contributed by atoms with Crippen molar-refractivity contribution < 1.29 is 13.9 Å². The van der Waals surface area contributed by atoms with Crippen LogP contribution >= 0.6 is 0 Å². The highest BCUT2D eigenvalue weighted by Crippen LogP contribution is 2.16. The highest BCUT2D eigenvalue weighted by Gasteiger charge is 2.16. The summed E-state index contributed by atoms with van der Waals surface area (Å²) in [6, 6.07) is 4.54. The summed E-state index contributed by atoms with van der Waals surface area (Å²) in [5.41, 5.74) is 1.17. The normalized spacial score (nSPS) is 12.7. The molecule has 0 fully saturated rings. The molecule has 20 heavy (non-hydrogen) atoms. The number of alkyl carbamates (subject to hydrolysis) is 1. The van der Waals surface area contributed by atoms with Crippen molar-refractivity contribution in [3.63, 3.8) is 0 Å². The summed E-state index contributed by atoms with van der Waals surface area (Å²) in [4.78, 5) is 11.5. The minimum Gasteiger partial charge on any atom is -0.444 e. The van der Waals surface area contributed by atoms with Gasteiger partial charge in [0, 0.05) is 18.3 Å². The summed E-state index contributed by atoms with van der Waals surface area (Å²) in [6.45, 7) is 9.63. The number of hydrogen-bond acceptors (Lipinski definition) is 3. The lowest BCUT2D eigenvalue weighted by atomic mass is 10.2. The van der Waals surface area contributed by atoms with Gasteiger partial charge in [-0.1, -0.05) is 6.07 Å². The van der Waals surface area contributed by atoms with E-state index in [4.69, 9.17) is 4.74 Å². The lowest BCUT2D eigenvalue weighted by Crippen LogP contribution is -2.38. The minimum atomic E-state index is -0.514. The van der Waals surface area contributed by atoms with Crippen LogP contribution in [0.5, 0.6) is 0 Å². The van der Waals surface area contributed by atoms with Crippen LogP contribution in [0.15, 0.2) is 18.2 Å². The number of ether oxygens (including phenoxy) is 1. The standard InChI is InChI=1S/C15H23FN2O2/c1-10-6-7-12(16)8-13(10)18-11(2)9-17-14(19)20-15(3,4)5/h6-8,11,18H,9H2,1-5H3,(H,17,19). The third-order valence-electron chi connectivity index (χ3n) is 2.55. The second-order valence-electron chi connectivity index (χ2n) is 5.89. The minimum absolute atomic E-state index is 0.0389. The number of hydrogen-bond donors (Lipinski definition) is 2. The van der Waals surface area contributed by atoms with E-state index in [1.54, 1.807) is 6.07 Å². The molecule has 0 aliphatic heterocycles. The summed E-state index contributed by atoms with van der Waals surface area (Å²) in [5, 5.41) is 5.83. The quantitative estimate of drug-likeness (QED) is 0.889. The molecule has 2 N–H and O–H groups in total. The van der Waals surface area contributed by atoms with E-state index < -0.39 is 11.7 Å². The Morgan fingerprint density at radius 2 is 2.05 bits per heavy atom. The van der Waals surface area contributed by atoms with Gasteiger partial charge in [0.1, 0.15) is 11.4 Å². The Bertz CT molecular complexity index is 469. The van der Waals surface area contributed by atoms with E-state index in [-0.39, 0.29) is 11.9 Å². The Balaban J connectivity index is 2.46. The maximum Gasteiger partial charge on any atom is 0.407 e. The molecule has 1 aromatic rings. The van der Waals surface area contributed by atoms with Crippen LogP contribution in [0.2, 0.25) is 0 Å². The van der Waals surface area contributed by atoms with E-state index in [1.807, 2.05) is 34.6 Å². The Morgan fingerprint density at radius 3 is 2.65 bits per heavy atom. The Kier molecular flexibility index (Phi) is 5.36. The molecule has 1 amide bonds. The molecule has 0 saturated carbocycles. The van der Waals surface area contributed by atoms with E-state index in [0.717, 1.165) is 11.3 Å². The maximum absolute atomic E-state index is 13.2. The topological polar surface area (TPSA) is 50.4 Å². The molecular formula is C15H23FN2O2. The Morgan fingerprint density at radius 1 is 1.40 bits per heavy atom. The number of halogens is 1. The van der Waals surface area contributed by atoms with Gasteiger partial charge in [0.15, 0.2) is 0 Å². The van der Waals surface area contributed by atoms with E-state index in [0.29, 0.717) is 6.54 Å². The summed E-state index contributed by atoms with van der Waals surface area (Å²) < 4.78 is 18.3. The Hall–Kier alpha value is -1.78. The third-order valence-corrected chi connectivity index (χ3v) is 2.55. The van der Waals surface area contributed by atoms with Gasteiger partial charge in [-0.2, -0.15) is 0 Å². The summed E-state index contributed by atoms with van der Waals surface area (Å²) >= 11 is 0. The number of aryl methyl sites for hydroxylation is 1. The molecule has 0 aliphatic carbocycles. The van der Waals surface area contributed by atoms with Crippen molar-refractivity contribution in [3.05, 3.63) is 29.6 Å². The molecule has 1 rings (SSSR count). The first-order valence-electron chi connectivity index (χ1n) is 6.67. The van der Waals surface area contributed by atoms with Crippen molar-refractivity contribution in [1.29, 1.82) is 0 Å². The molecule has 0 aromatic heterocycles. The monoisotopic (exact) mass is 282 g/mol. The van der Waals surface area contributed by atoms with Crippen LogP contribution in [0.25, 0.3) is 0 Å². The average molecular weight is 282 g/mol. The van der Waals surface area contributed by atoms with Crippen molar-refractivity contribution in [2.45, 2.75) is 46.3 Å². The highest BCUT2D eigenvalue weighted by molar-refractivity contribution is 5.67. The molecule has 0 spiro atoms. The number of anilines is 1. The molecule has 1 aromatic carbocycles. The van der Waals surface area contributed by atoms with Gasteiger partial charge in [-0.15, -0.1) is 0 Å². The van der Waals surface area contributed by atoms with Gasteiger partial charge < -0.3 is 15.4 Å². The van der Waals surface area contributed by atoms with E-state index >= 15 is 0 Å². The first kappa shape index (κ1) is 16.3. The molecule has 5 heteroatoms. The van der Waals surface area contributed by atoms with E-state index in [2.05, 4.69) is 10.6 Å². The number of benzene rings is 1. The molecule has 112 valence electrons. The van der Waals surface area contributed by atoms with Crippen LogP contribution in [0.4, 0.5) is 14.9 Å². The number of carbonyl (C=O) groups is 1. The van der Waals surface area contributed by atoms with E-state index in [9.17, 15) is 9.18 Å². The number of carbonyl (C=O) groups excluding carboxylic acids is 1. The van der Waals surface area contributed by atoms with Gasteiger partial charge in [-0.05, 0) is 52.3 Å². The van der Waals surface area contributed by atoms with Crippen LogP contribution in [-0.4, -0.2) is 24.3 Å². The molecule has 0 saturated heterocycles. The highest BCUT2D eigenvalue weighted by atomic mass is 19.1. The summed E-state index contributed by atoms with van der Waals surface area (Å²) in [6.07, 6.45) is -0.456. The van der Waals surface area contributed by atoms with Gasteiger partial charge in [0.2, 0.25) is 0 Å². The summed E-state index contributed by atoms with van der Waals surface area (Å²) in [7, 11) is 0. The number of nitrogens with one attached hydrogen (secondary N) is 2. The van der Waals surface area contributed by atoms with Crippen molar-refractivity contribution >= 4 is 11.8 Å². The first-order valence-corrected chi connectivity index (χ1v) is 6.67. The van der Waals surface area contributed by atoms with Crippen LogP contribution in [0, 0.1) is 12.7 Å². The smallest absolute Gasteiger partial charge is 0.407 e. The van der Waals surface area contributed by atoms with Crippen molar-refractivity contribution in [1.82, 2.24) is 5.32 Å². The largest absolute Gasteiger partial charge is 0.444 e. The zero-order chi connectivity index (χ0) is 15.3.